The number of halogens is 3. The van der Waals surface area contributed by atoms with Gasteiger partial charge in [0.25, 0.3) is 5.91 Å². The molecule has 1 heterocycles. The third-order valence-corrected chi connectivity index (χ3v) is 3.95. The zero-order valence-corrected chi connectivity index (χ0v) is 15.0. The number of carbonyl (C=O) groups is 1. The Hall–Kier alpha value is -2.27. The third kappa shape index (κ3) is 4.86. The minimum absolute atomic E-state index is 0.235. The second kappa shape index (κ2) is 7.74. The van der Waals surface area contributed by atoms with E-state index in [4.69, 9.17) is 34.8 Å². The number of rotatable bonds is 4. The van der Waals surface area contributed by atoms with Crippen molar-refractivity contribution in [1.29, 1.82) is 0 Å². The molecule has 1 aromatic heterocycles. The van der Waals surface area contributed by atoms with Crippen molar-refractivity contribution >= 4 is 57.9 Å². The molecule has 2 N–H and O–H groups in total. The molecule has 0 aliphatic carbocycles. The lowest BCUT2D eigenvalue weighted by Crippen LogP contribution is -2.11. The van der Waals surface area contributed by atoms with Crippen molar-refractivity contribution in [3.8, 4) is 0 Å². The molecule has 4 nitrogen and oxygen atoms in total. The lowest BCUT2D eigenvalue weighted by atomic mass is 10.2. The zero-order chi connectivity index (χ0) is 17.8. The summed E-state index contributed by atoms with van der Waals surface area (Å²) in [5, 5.41) is 7.51. The highest BCUT2D eigenvalue weighted by Crippen LogP contribution is 2.25. The van der Waals surface area contributed by atoms with Crippen molar-refractivity contribution < 1.29 is 4.79 Å². The third-order valence-electron chi connectivity index (χ3n) is 3.26. The molecule has 0 aliphatic rings. The Morgan fingerprint density at radius 3 is 2.08 bits per heavy atom. The minimum atomic E-state index is -0.235. The molecule has 7 heteroatoms. The van der Waals surface area contributed by atoms with Gasteiger partial charge in [-0.2, -0.15) is 0 Å². The smallest absolute Gasteiger partial charge is 0.255 e. The first-order valence-corrected chi connectivity index (χ1v) is 8.39. The number of aromatic nitrogens is 1. The highest BCUT2D eigenvalue weighted by Gasteiger charge is 2.06. The number of pyridine rings is 1. The average molecular weight is 393 g/mol. The fraction of sp³-hybridized carbons (Fsp3) is 0. The van der Waals surface area contributed by atoms with E-state index in [2.05, 4.69) is 15.6 Å². The van der Waals surface area contributed by atoms with Crippen molar-refractivity contribution in [1.82, 2.24) is 4.98 Å². The first-order chi connectivity index (χ1) is 12.0. The molecule has 0 fully saturated rings. The lowest BCUT2D eigenvalue weighted by molar-refractivity contribution is 0.102. The van der Waals surface area contributed by atoms with Crippen molar-refractivity contribution in [2.75, 3.05) is 10.6 Å². The van der Waals surface area contributed by atoms with E-state index < -0.39 is 0 Å². The monoisotopic (exact) mass is 391 g/mol. The van der Waals surface area contributed by atoms with Gasteiger partial charge in [0, 0.05) is 26.3 Å². The second-order valence-corrected chi connectivity index (χ2v) is 6.49. The van der Waals surface area contributed by atoms with Crippen LogP contribution in [0, 0.1) is 0 Å². The lowest BCUT2D eigenvalue weighted by Gasteiger charge is -2.09. The molecular formula is C18H12Cl3N3O. The van der Waals surface area contributed by atoms with E-state index >= 15 is 0 Å². The number of benzene rings is 2. The molecule has 0 bridgehead atoms. The summed E-state index contributed by atoms with van der Waals surface area (Å²) >= 11 is 17.7. The first-order valence-electron chi connectivity index (χ1n) is 7.26. The molecular weight excluding hydrogens is 381 g/mol. The van der Waals surface area contributed by atoms with Crippen LogP contribution >= 0.6 is 34.8 Å². The Bertz CT molecular complexity index is 876. The van der Waals surface area contributed by atoms with Gasteiger partial charge in [-0.1, -0.05) is 34.8 Å². The van der Waals surface area contributed by atoms with Crippen LogP contribution in [-0.4, -0.2) is 10.9 Å². The maximum absolute atomic E-state index is 12.1. The van der Waals surface area contributed by atoms with E-state index in [0.717, 1.165) is 5.69 Å². The molecule has 0 aliphatic heterocycles. The van der Waals surface area contributed by atoms with Gasteiger partial charge in [0.2, 0.25) is 0 Å². The van der Waals surface area contributed by atoms with E-state index in [9.17, 15) is 4.79 Å². The summed E-state index contributed by atoms with van der Waals surface area (Å²) in [5.41, 5.74) is 1.82. The summed E-state index contributed by atoms with van der Waals surface area (Å²) in [7, 11) is 0. The summed E-state index contributed by atoms with van der Waals surface area (Å²) in [6, 6.07) is 15.3. The van der Waals surface area contributed by atoms with Crippen molar-refractivity contribution in [2.24, 2.45) is 0 Å². The van der Waals surface area contributed by atoms with Crippen molar-refractivity contribution in [3.63, 3.8) is 0 Å². The van der Waals surface area contributed by atoms with Crippen molar-refractivity contribution in [3.05, 3.63) is 81.4 Å². The van der Waals surface area contributed by atoms with E-state index in [1.54, 1.807) is 60.8 Å². The summed E-state index contributed by atoms with van der Waals surface area (Å²) in [6.07, 6.45) is 1.56. The van der Waals surface area contributed by atoms with Gasteiger partial charge < -0.3 is 10.6 Å². The minimum Gasteiger partial charge on any atom is -0.340 e. The molecule has 3 aromatic rings. The van der Waals surface area contributed by atoms with Gasteiger partial charge in [0.1, 0.15) is 5.82 Å². The van der Waals surface area contributed by atoms with Gasteiger partial charge in [0.15, 0.2) is 0 Å². The van der Waals surface area contributed by atoms with Crippen LogP contribution in [0.15, 0.2) is 60.8 Å². The van der Waals surface area contributed by atoms with Gasteiger partial charge in [-0.15, -0.1) is 0 Å². The topological polar surface area (TPSA) is 54.0 Å². The standard InChI is InChI=1S/C18H12Cl3N3O/c19-12-3-1-11(2-4-12)18(25)24-15-5-6-17(22-10-15)23-16-8-13(20)7-14(21)9-16/h1-10H,(H,22,23)(H,24,25). The predicted molar refractivity (Wildman–Crippen MR) is 103 cm³/mol. The Morgan fingerprint density at radius 1 is 0.800 bits per heavy atom. The molecule has 0 spiro atoms. The van der Waals surface area contributed by atoms with Crippen molar-refractivity contribution in [2.45, 2.75) is 0 Å². The Morgan fingerprint density at radius 2 is 1.48 bits per heavy atom. The van der Waals surface area contributed by atoms with Gasteiger partial charge in [-0.25, -0.2) is 4.98 Å². The molecule has 0 radical (unpaired) electrons. The van der Waals surface area contributed by atoms with Crippen LogP contribution in [0.3, 0.4) is 0 Å². The van der Waals surface area contributed by atoms with Crippen LogP contribution in [0.5, 0.6) is 0 Å². The molecule has 126 valence electrons. The van der Waals surface area contributed by atoms with E-state index in [-0.39, 0.29) is 5.91 Å². The normalized spacial score (nSPS) is 10.4. The Balaban J connectivity index is 1.67. The fourth-order valence-electron chi connectivity index (χ4n) is 2.12. The summed E-state index contributed by atoms with van der Waals surface area (Å²) in [6.45, 7) is 0. The van der Waals surface area contributed by atoms with Crippen LogP contribution in [0.1, 0.15) is 10.4 Å². The highest BCUT2D eigenvalue weighted by atomic mass is 35.5. The molecule has 0 atom stereocenters. The number of carbonyl (C=O) groups excluding carboxylic acids is 1. The number of nitrogens with one attached hydrogen (secondary N) is 2. The fourth-order valence-corrected chi connectivity index (χ4v) is 2.77. The largest absolute Gasteiger partial charge is 0.340 e. The van der Waals surface area contributed by atoms with Crippen LogP contribution in [0.25, 0.3) is 0 Å². The molecule has 3 rings (SSSR count). The number of anilines is 3. The zero-order valence-electron chi connectivity index (χ0n) is 12.8. The molecule has 0 saturated carbocycles. The molecule has 25 heavy (non-hydrogen) atoms. The quantitative estimate of drug-likeness (QED) is 0.569. The SMILES string of the molecule is O=C(Nc1ccc(Nc2cc(Cl)cc(Cl)c2)nc1)c1ccc(Cl)cc1. The van der Waals surface area contributed by atoms with Gasteiger partial charge in [-0.05, 0) is 54.6 Å². The molecule has 0 saturated heterocycles. The Labute approximate surface area is 159 Å². The van der Waals surface area contributed by atoms with Gasteiger partial charge in [-0.3, -0.25) is 4.79 Å². The van der Waals surface area contributed by atoms with Gasteiger partial charge in [0.05, 0.1) is 11.9 Å². The summed E-state index contributed by atoms with van der Waals surface area (Å²) < 4.78 is 0. The van der Waals surface area contributed by atoms with Crippen LogP contribution in [0.4, 0.5) is 17.2 Å². The number of hydrogen-bond acceptors (Lipinski definition) is 3. The number of nitrogens with zero attached hydrogens (tertiary/aromatic N) is 1. The average Bonchev–Trinajstić information content (AvgIpc) is 2.56. The van der Waals surface area contributed by atoms with Crippen LogP contribution < -0.4 is 10.6 Å². The predicted octanol–water partition coefficient (Wildman–Crippen LogP) is 6.04. The van der Waals surface area contributed by atoms with Crippen LogP contribution in [0.2, 0.25) is 15.1 Å². The first kappa shape index (κ1) is 17.5. The van der Waals surface area contributed by atoms with Gasteiger partial charge >= 0.3 is 0 Å². The van der Waals surface area contributed by atoms with E-state index in [1.165, 1.54) is 0 Å². The van der Waals surface area contributed by atoms with E-state index in [1.807, 2.05) is 0 Å². The Kier molecular flexibility index (Phi) is 5.43. The number of hydrogen-bond donors (Lipinski definition) is 2. The number of amides is 1. The summed E-state index contributed by atoms with van der Waals surface area (Å²) in [5.74, 6) is 0.364. The van der Waals surface area contributed by atoms with E-state index in [0.29, 0.717) is 32.1 Å². The maximum Gasteiger partial charge on any atom is 0.255 e. The molecule has 2 aromatic carbocycles. The highest BCUT2D eigenvalue weighted by molar-refractivity contribution is 6.35. The van der Waals surface area contributed by atoms with Crippen LogP contribution in [-0.2, 0) is 0 Å². The second-order valence-electron chi connectivity index (χ2n) is 5.18. The summed E-state index contributed by atoms with van der Waals surface area (Å²) in [4.78, 5) is 16.4. The molecule has 1 amide bonds. The maximum atomic E-state index is 12.1. The molecule has 0 unspecified atom stereocenters.